The Kier molecular flexibility index (Phi) is 10.4. The summed E-state index contributed by atoms with van der Waals surface area (Å²) in [4.78, 5) is 53.7. The molecule has 0 radical (unpaired) electrons. The van der Waals surface area contributed by atoms with Crippen LogP contribution in [0.2, 0.25) is 0 Å². The molecule has 2 atom stereocenters. The molecule has 1 saturated heterocycles. The van der Waals surface area contributed by atoms with Gasteiger partial charge in [0.15, 0.2) is 14.6 Å². The van der Waals surface area contributed by atoms with Crippen LogP contribution in [0.5, 0.6) is 0 Å². The lowest BCUT2D eigenvalue weighted by molar-refractivity contribution is -0.141. The monoisotopic (exact) mass is 557 g/mol. The number of Topliss-reactive ketones (excluding diaryl/α,β-unsaturated/α-hetero) is 1. The average Bonchev–Trinajstić information content (AvgIpc) is 2.95. The highest BCUT2D eigenvalue weighted by molar-refractivity contribution is 7.92. The second-order valence-electron chi connectivity index (χ2n) is 9.61. The topological polar surface area (TPSA) is 139 Å². The fourth-order valence-corrected chi connectivity index (χ4v) is 5.82. The van der Waals surface area contributed by atoms with Crippen molar-refractivity contribution >= 4 is 33.3 Å². The smallest absolute Gasteiger partial charge is 0.289 e. The highest BCUT2D eigenvalue weighted by Gasteiger charge is 2.49. The number of amides is 3. The van der Waals surface area contributed by atoms with E-state index in [1.165, 1.54) is 11.8 Å². The predicted octanol–water partition coefficient (Wildman–Crippen LogP) is 1.39. The van der Waals surface area contributed by atoms with E-state index in [0.717, 1.165) is 5.56 Å². The van der Waals surface area contributed by atoms with E-state index in [-0.39, 0.29) is 26.1 Å². The van der Waals surface area contributed by atoms with Crippen LogP contribution in [0.4, 0.5) is 0 Å². The molecule has 1 fully saturated rings. The Morgan fingerprint density at radius 1 is 0.949 bits per heavy atom. The van der Waals surface area contributed by atoms with Gasteiger partial charge in [-0.05, 0) is 24.5 Å². The number of ether oxygens (including phenoxy) is 1. The third-order valence-corrected chi connectivity index (χ3v) is 9.18. The van der Waals surface area contributed by atoms with Gasteiger partial charge in [0.05, 0.1) is 31.4 Å². The number of nitrogens with zero attached hydrogens (tertiary/aromatic N) is 1. The molecule has 11 heteroatoms. The minimum atomic E-state index is -4.26. The molecule has 0 aromatic heterocycles. The van der Waals surface area contributed by atoms with Gasteiger partial charge in [0.1, 0.15) is 0 Å². The Labute approximate surface area is 229 Å². The molecule has 2 N–H and O–H groups in total. The first-order valence-corrected chi connectivity index (χ1v) is 14.5. The second-order valence-corrected chi connectivity index (χ2v) is 12.0. The zero-order valence-electron chi connectivity index (χ0n) is 22.2. The minimum Gasteiger partial charge on any atom is -0.378 e. The van der Waals surface area contributed by atoms with E-state index < -0.39 is 56.3 Å². The molecule has 1 heterocycles. The van der Waals surface area contributed by atoms with Gasteiger partial charge in [-0.15, -0.1) is 0 Å². The van der Waals surface area contributed by atoms with Crippen LogP contribution in [0, 0.1) is 0 Å². The highest BCUT2D eigenvalue weighted by Crippen LogP contribution is 2.28. The van der Waals surface area contributed by atoms with E-state index in [2.05, 4.69) is 10.6 Å². The third kappa shape index (κ3) is 7.73. The van der Waals surface area contributed by atoms with Crippen LogP contribution in [-0.2, 0) is 46.0 Å². The average molecular weight is 558 g/mol. The summed E-state index contributed by atoms with van der Waals surface area (Å²) in [6.45, 7) is 4.12. The summed E-state index contributed by atoms with van der Waals surface area (Å²) in [6.07, 6.45) is -0.561. The van der Waals surface area contributed by atoms with Gasteiger partial charge in [0, 0.05) is 19.6 Å². The second kappa shape index (κ2) is 13.5. The Balaban J connectivity index is 1.80. The van der Waals surface area contributed by atoms with Gasteiger partial charge in [-0.1, -0.05) is 67.6 Å². The molecule has 0 aliphatic carbocycles. The van der Waals surface area contributed by atoms with E-state index in [0.29, 0.717) is 18.8 Å². The van der Waals surface area contributed by atoms with Crippen molar-refractivity contribution in [1.29, 1.82) is 0 Å². The lowest BCUT2D eigenvalue weighted by atomic mass is 10.0. The molecular formula is C28H35N3O7S. The maximum atomic E-state index is 13.7. The highest BCUT2D eigenvalue weighted by atomic mass is 32.2. The van der Waals surface area contributed by atoms with E-state index in [1.54, 1.807) is 61.5 Å². The van der Waals surface area contributed by atoms with Crippen LogP contribution in [-0.4, -0.2) is 73.9 Å². The van der Waals surface area contributed by atoms with Crippen molar-refractivity contribution in [3.05, 3.63) is 71.8 Å². The summed E-state index contributed by atoms with van der Waals surface area (Å²) < 4.78 is 30.5. The van der Waals surface area contributed by atoms with Crippen molar-refractivity contribution in [1.82, 2.24) is 15.5 Å². The molecule has 0 saturated carbocycles. The number of morpholine rings is 1. The summed E-state index contributed by atoms with van der Waals surface area (Å²) in [5.74, 6) is -3.78. The summed E-state index contributed by atoms with van der Waals surface area (Å²) in [6, 6.07) is 16.1. The van der Waals surface area contributed by atoms with Crippen LogP contribution in [0.25, 0.3) is 0 Å². The third-order valence-electron chi connectivity index (χ3n) is 6.77. The van der Waals surface area contributed by atoms with Crippen molar-refractivity contribution in [2.24, 2.45) is 0 Å². The zero-order valence-corrected chi connectivity index (χ0v) is 23.0. The Morgan fingerprint density at radius 3 is 2.08 bits per heavy atom. The lowest BCUT2D eigenvalue weighted by Crippen LogP contribution is -2.58. The fraction of sp³-hybridized carbons (Fsp3) is 0.429. The molecule has 2 aromatic rings. The lowest BCUT2D eigenvalue weighted by Gasteiger charge is -2.33. The number of benzene rings is 2. The Morgan fingerprint density at radius 2 is 1.51 bits per heavy atom. The molecular weight excluding hydrogens is 522 g/mol. The van der Waals surface area contributed by atoms with Crippen molar-refractivity contribution in [2.45, 2.75) is 49.8 Å². The first-order chi connectivity index (χ1) is 18.6. The fourth-order valence-electron chi connectivity index (χ4n) is 4.19. The number of sulfone groups is 1. The molecule has 210 valence electrons. The minimum absolute atomic E-state index is 0.0511. The molecule has 1 unspecified atom stereocenters. The Bertz CT molecular complexity index is 1260. The zero-order chi connectivity index (χ0) is 28.5. The molecule has 1 aliphatic heterocycles. The van der Waals surface area contributed by atoms with E-state index in [9.17, 15) is 27.6 Å². The molecule has 0 bridgehead atoms. The summed E-state index contributed by atoms with van der Waals surface area (Å²) in [5.41, 5.74) is 1.25. The van der Waals surface area contributed by atoms with Gasteiger partial charge >= 0.3 is 0 Å². The number of carbonyl (C=O) groups excluding carboxylic acids is 4. The normalized spacial score (nSPS) is 16.0. The summed E-state index contributed by atoms with van der Waals surface area (Å²) in [5, 5.41) is 5.00. The van der Waals surface area contributed by atoms with Gasteiger partial charge in [-0.3, -0.25) is 19.2 Å². The van der Waals surface area contributed by atoms with E-state index in [4.69, 9.17) is 4.74 Å². The standard InChI is InChI=1S/C28H35N3O7S/c1-3-23(25(33)26(34)29-19-21-10-6-4-7-11-21)30-27(35)28(2,18-24(32)31-14-16-38-17-15-31)39(36,37)20-22-12-8-5-9-13-22/h4-13,23H,3,14-20H2,1-2H3,(H,29,34)(H,30,35)/t23-,28?/m1/s1. The van der Waals surface area contributed by atoms with Gasteiger partial charge in [-0.25, -0.2) is 8.42 Å². The van der Waals surface area contributed by atoms with Crippen molar-refractivity contribution in [3.63, 3.8) is 0 Å². The van der Waals surface area contributed by atoms with Crippen LogP contribution in [0.15, 0.2) is 60.7 Å². The molecule has 3 amide bonds. The number of rotatable bonds is 12. The molecule has 2 aromatic carbocycles. The quantitative estimate of drug-likeness (QED) is 0.376. The molecule has 1 aliphatic rings. The number of nitrogens with one attached hydrogen (secondary N) is 2. The molecule has 10 nitrogen and oxygen atoms in total. The van der Waals surface area contributed by atoms with Crippen LogP contribution >= 0.6 is 0 Å². The van der Waals surface area contributed by atoms with Crippen LogP contribution in [0.1, 0.15) is 37.8 Å². The number of hydrogen-bond donors (Lipinski definition) is 2. The first kappa shape index (κ1) is 30.0. The first-order valence-electron chi connectivity index (χ1n) is 12.9. The molecule has 39 heavy (non-hydrogen) atoms. The van der Waals surface area contributed by atoms with Gasteiger partial charge < -0.3 is 20.3 Å². The maximum Gasteiger partial charge on any atom is 0.289 e. The van der Waals surface area contributed by atoms with Crippen LogP contribution < -0.4 is 10.6 Å². The summed E-state index contributed by atoms with van der Waals surface area (Å²) in [7, 11) is -4.26. The molecule has 3 rings (SSSR count). The SMILES string of the molecule is CC[C@@H](NC(=O)C(C)(CC(=O)N1CCOCC1)S(=O)(=O)Cc1ccccc1)C(=O)C(=O)NCc1ccccc1. The van der Waals surface area contributed by atoms with Gasteiger partial charge in [0.2, 0.25) is 17.6 Å². The van der Waals surface area contributed by atoms with E-state index in [1.807, 2.05) is 6.07 Å². The number of hydrogen-bond acceptors (Lipinski definition) is 7. The number of carbonyl (C=O) groups is 4. The van der Waals surface area contributed by atoms with Gasteiger partial charge in [0.25, 0.3) is 5.91 Å². The maximum absolute atomic E-state index is 13.7. The van der Waals surface area contributed by atoms with Crippen molar-refractivity contribution in [3.8, 4) is 0 Å². The largest absolute Gasteiger partial charge is 0.378 e. The summed E-state index contributed by atoms with van der Waals surface area (Å²) >= 11 is 0. The van der Waals surface area contributed by atoms with Crippen molar-refractivity contribution in [2.75, 3.05) is 26.3 Å². The molecule has 0 spiro atoms. The predicted molar refractivity (Wildman–Crippen MR) is 145 cm³/mol. The van der Waals surface area contributed by atoms with Crippen LogP contribution in [0.3, 0.4) is 0 Å². The number of ketones is 1. The van der Waals surface area contributed by atoms with E-state index >= 15 is 0 Å². The van der Waals surface area contributed by atoms with Crippen molar-refractivity contribution < 1.29 is 32.3 Å². The Hall–Kier alpha value is -3.57. The van der Waals surface area contributed by atoms with Gasteiger partial charge in [-0.2, -0.15) is 0 Å².